The van der Waals surface area contributed by atoms with Crippen LogP contribution in [-0.4, -0.2) is 12.7 Å². The van der Waals surface area contributed by atoms with E-state index in [1.165, 1.54) is 0 Å². The summed E-state index contributed by atoms with van der Waals surface area (Å²) in [6, 6.07) is 0. The molecule has 0 heterocycles. The molecule has 11 heavy (non-hydrogen) atoms. The largest absolute Gasteiger partial charge is 0.378 e. The van der Waals surface area contributed by atoms with E-state index in [1.807, 2.05) is 0 Å². The molecular weight excluding hydrogens is 136 g/mol. The Kier molecular flexibility index (Phi) is 4.74. The summed E-state index contributed by atoms with van der Waals surface area (Å²) in [6.07, 6.45) is 2.48. The van der Waals surface area contributed by atoms with Crippen molar-refractivity contribution < 1.29 is 4.74 Å². The molecule has 0 amide bonds. The van der Waals surface area contributed by atoms with Crippen molar-refractivity contribution in [3.05, 3.63) is 6.92 Å². The lowest BCUT2D eigenvalue weighted by Gasteiger charge is -2.24. The Morgan fingerprint density at radius 3 is 2.27 bits per heavy atom. The van der Waals surface area contributed by atoms with Crippen LogP contribution < -0.4 is 0 Å². The molecule has 0 atom stereocenters. The van der Waals surface area contributed by atoms with Gasteiger partial charge in [-0.3, -0.25) is 0 Å². The van der Waals surface area contributed by atoms with E-state index in [2.05, 4.69) is 34.6 Å². The minimum atomic E-state index is 0.298. The van der Waals surface area contributed by atoms with Crippen molar-refractivity contribution in [1.82, 2.24) is 0 Å². The van der Waals surface area contributed by atoms with Gasteiger partial charge in [0.25, 0.3) is 0 Å². The van der Waals surface area contributed by atoms with E-state index in [0.29, 0.717) is 11.5 Å². The fourth-order valence-electron chi connectivity index (χ4n) is 0.943. The summed E-state index contributed by atoms with van der Waals surface area (Å²) >= 11 is 0. The molecule has 0 aliphatic heterocycles. The molecule has 0 aliphatic carbocycles. The molecule has 1 radical (unpaired) electrons. The summed E-state index contributed by atoms with van der Waals surface area (Å²) in [5.41, 5.74) is 0.298. The van der Waals surface area contributed by atoms with E-state index in [-0.39, 0.29) is 0 Å². The van der Waals surface area contributed by atoms with Gasteiger partial charge < -0.3 is 4.74 Å². The Morgan fingerprint density at radius 1 is 1.36 bits per heavy atom. The quantitative estimate of drug-likeness (QED) is 0.596. The summed E-state index contributed by atoms with van der Waals surface area (Å²) in [5, 5.41) is 0. The second kappa shape index (κ2) is 4.76. The van der Waals surface area contributed by atoms with E-state index in [0.717, 1.165) is 19.4 Å². The highest BCUT2D eigenvalue weighted by Gasteiger charge is 2.16. The second-order valence-electron chi connectivity index (χ2n) is 4.13. The van der Waals surface area contributed by atoms with Gasteiger partial charge in [-0.1, -0.05) is 27.2 Å². The number of hydrogen-bond acceptors (Lipinski definition) is 1. The van der Waals surface area contributed by atoms with Gasteiger partial charge in [0.05, 0.1) is 12.7 Å². The van der Waals surface area contributed by atoms with Gasteiger partial charge in [0.1, 0.15) is 0 Å². The molecule has 0 saturated heterocycles. The molecular formula is C10H21O. The van der Waals surface area contributed by atoms with Gasteiger partial charge in [-0.05, 0) is 25.7 Å². The van der Waals surface area contributed by atoms with E-state index >= 15 is 0 Å². The first-order valence-corrected chi connectivity index (χ1v) is 4.39. The van der Waals surface area contributed by atoms with Crippen LogP contribution in [0.25, 0.3) is 0 Å². The van der Waals surface area contributed by atoms with Gasteiger partial charge in [-0.25, -0.2) is 0 Å². The van der Waals surface area contributed by atoms with Crippen LogP contribution in [0.2, 0.25) is 0 Å². The molecule has 67 valence electrons. The number of hydrogen-bond donors (Lipinski definition) is 0. The smallest absolute Gasteiger partial charge is 0.0520 e. The maximum absolute atomic E-state index is 5.53. The van der Waals surface area contributed by atoms with Crippen LogP contribution in [0.15, 0.2) is 0 Å². The third-order valence-corrected chi connectivity index (χ3v) is 1.66. The van der Waals surface area contributed by atoms with Crippen LogP contribution in [0, 0.1) is 12.3 Å². The Morgan fingerprint density at radius 2 is 1.91 bits per heavy atom. The molecule has 1 heteroatoms. The molecule has 1 nitrogen and oxygen atoms in total. The summed E-state index contributed by atoms with van der Waals surface area (Å²) < 4.78 is 5.53. The molecule has 0 rings (SSSR count). The van der Waals surface area contributed by atoms with Crippen molar-refractivity contribution in [2.24, 2.45) is 5.41 Å². The maximum Gasteiger partial charge on any atom is 0.0520 e. The molecule has 0 aliphatic rings. The molecule has 0 fully saturated rings. The van der Waals surface area contributed by atoms with Crippen LogP contribution in [0.1, 0.15) is 40.5 Å². The van der Waals surface area contributed by atoms with Gasteiger partial charge in [-0.15, -0.1) is 0 Å². The molecule has 0 aromatic carbocycles. The lowest BCUT2D eigenvalue weighted by molar-refractivity contribution is 0.0185. The standard InChI is InChI=1S/C10H21O/c1-6-7-10(4,5)8-11-9(2)3/h9H,1,6-8H2,2-5H3. The summed E-state index contributed by atoms with van der Waals surface area (Å²) in [6.45, 7) is 13.3. The van der Waals surface area contributed by atoms with Gasteiger partial charge in [-0.2, -0.15) is 0 Å². The molecule has 0 saturated carbocycles. The van der Waals surface area contributed by atoms with Crippen molar-refractivity contribution in [3.8, 4) is 0 Å². The zero-order chi connectivity index (χ0) is 8.91. The number of rotatable bonds is 5. The summed E-state index contributed by atoms with van der Waals surface area (Å²) in [5.74, 6) is 0. The Bertz CT molecular complexity index is 95.0. The molecule has 0 aromatic heterocycles. The second-order valence-corrected chi connectivity index (χ2v) is 4.13. The van der Waals surface area contributed by atoms with Crippen molar-refractivity contribution >= 4 is 0 Å². The van der Waals surface area contributed by atoms with Gasteiger partial charge in [0.2, 0.25) is 0 Å². The lowest BCUT2D eigenvalue weighted by Crippen LogP contribution is -2.21. The Hall–Kier alpha value is -0.0400. The monoisotopic (exact) mass is 157 g/mol. The minimum Gasteiger partial charge on any atom is -0.378 e. The molecule has 0 spiro atoms. The van der Waals surface area contributed by atoms with Crippen LogP contribution in [0.3, 0.4) is 0 Å². The van der Waals surface area contributed by atoms with Crippen LogP contribution in [0.4, 0.5) is 0 Å². The SMILES string of the molecule is [CH2]CCC(C)(C)COC(C)C. The zero-order valence-corrected chi connectivity index (χ0v) is 8.31. The fourth-order valence-corrected chi connectivity index (χ4v) is 0.943. The average molecular weight is 157 g/mol. The highest BCUT2D eigenvalue weighted by molar-refractivity contribution is 4.68. The fraction of sp³-hybridized carbons (Fsp3) is 0.900. The minimum absolute atomic E-state index is 0.298. The molecule has 0 unspecified atom stereocenters. The molecule has 0 N–H and O–H groups in total. The van der Waals surface area contributed by atoms with Crippen molar-refractivity contribution in [3.63, 3.8) is 0 Å². The van der Waals surface area contributed by atoms with Crippen molar-refractivity contribution in [2.75, 3.05) is 6.61 Å². The van der Waals surface area contributed by atoms with Crippen LogP contribution in [-0.2, 0) is 4.74 Å². The molecule has 0 aromatic rings. The van der Waals surface area contributed by atoms with Crippen molar-refractivity contribution in [1.29, 1.82) is 0 Å². The van der Waals surface area contributed by atoms with E-state index < -0.39 is 0 Å². The Labute approximate surface area is 71.1 Å². The maximum atomic E-state index is 5.53. The predicted molar refractivity (Wildman–Crippen MR) is 49.5 cm³/mol. The van der Waals surface area contributed by atoms with Crippen molar-refractivity contribution in [2.45, 2.75) is 46.6 Å². The lowest BCUT2D eigenvalue weighted by atomic mass is 9.89. The van der Waals surface area contributed by atoms with Gasteiger partial charge in [0.15, 0.2) is 0 Å². The highest BCUT2D eigenvalue weighted by Crippen LogP contribution is 2.22. The summed E-state index contributed by atoms with van der Waals surface area (Å²) in [4.78, 5) is 0. The van der Waals surface area contributed by atoms with Gasteiger partial charge >= 0.3 is 0 Å². The molecule has 0 bridgehead atoms. The van der Waals surface area contributed by atoms with Crippen LogP contribution in [0.5, 0.6) is 0 Å². The topological polar surface area (TPSA) is 9.23 Å². The number of ether oxygens (including phenoxy) is 1. The Balaban J connectivity index is 3.54. The predicted octanol–water partition coefficient (Wildman–Crippen LogP) is 3.05. The first kappa shape index (κ1) is 11.0. The van der Waals surface area contributed by atoms with E-state index in [9.17, 15) is 0 Å². The normalized spacial score (nSPS) is 12.5. The summed E-state index contributed by atoms with van der Waals surface area (Å²) in [7, 11) is 0. The van der Waals surface area contributed by atoms with E-state index in [4.69, 9.17) is 4.74 Å². The van der Waals surface area contributed by atoms with Crippen LogP contribution >= 0.6 is 0 Å². The zero-order valence-electron chi connectivity index (χ0n) is 8.31. The first-order chi connectivity index (χ1) is 4.98. The van der Waals surface area contributed by atoms with Gasteiger partial charge in [0, 0.05) is 0 Å². The first-order valence-electron chi connectivity index (χ1n) is 4.39. The average Bonchev–Trinajstić information content (AvgIpc) is 1.84. The third kappa shape index (κ3) is 6.36. The third-order valence-electron chi connectivity index (χ3n) is 1.66. The highest BCUT2D eigenvalue weighted by atomic mass is 16.5. The van der Waals surface area contributed by atoms with E-state index in [1.54, 1.807) is 0 Å².